The first-order valence-corrected chi connectivity index (χ1v) is 7.96. The van der Waals surface area contributed by atoms with Crippen LogP contribution in [0.3, 0.4) is 0 Å². The van der Waals surface area contributed by atoms with E-state index >= 15 is 0 Å². The molecule has 1 amide bonds. The van der Waals surface area contributed by atoms with Gasteiger partial charge in [-0.1, -0.05) is 18.2 Å². The molecule has 5 heteroatoms. The Morgan fingerprint density at radius 2 is 2.00 bits per heavy atom. The van der Waals surface area contributed by atoms with Gasteiger partial charge >= 0.3 is 6.09 Å². The number of benzene rings is 1. The summed E-state index contributed by atoms with van der Waals surface area (Å²) in [6, 6.07) is 7.80. The lowest BCUT2D eigenvalue weighted by Gasteiger charge is -2.28. The normalized spacial score (nSPS) is 16.0. The number of para-hydroxylation sites is 1. The minimum atomic E-state index is -0.529. The lowest BCUT2D eigenvalue weighted by Crippen LogP contribution is -2.38. The van der Waals surface area contributed by atoms with E-state index in [2.05, 4.69) is 4.98 Å². The van der Waals surface area contributed by atoms with E-state index < -0.39 is 5.60 Å². The highest BCUT2D eigenvalue weighted by Gasteiger charge is 2.27. The number of ether oxygens (including phenoxy) is 1. The molecule has 1 aliphatic rings. The Bertz CT molecular complexity index is 755. The van der Waals surface area contributed by atoms with Crippen molar-refractivity contribution in [3.8, 4) is 0 Å². The number of nitrogens with zero attached hydrogens (tertiary/aromatic N) is 1. The van der Waals surface area contributed by atoms with Crippen molar-refractivity contribution in [1.82, 2.24) is 9.88 Å². The predicted octanol–water partition coefficient (Wildman–Crippen LogP) is 3.88. The van der Waals surface area contributed by atoms with Gasteiger partial charge in [0.25, 0.3) is 0 Å². The molecule has 0 atom stereocenters. The number of nitrogens with one attached hydrogen (secondary N) is 1. The quantitative estimate of drug-likeness (QED) is 0.802. The van der Waals surface area contributed by atoms with E-state index in [0.717, 1.165) is 16.5 Å². The molecule has 122 valence electrons. The zero-order valence-electron chi connectivity index (χ0n) is 13.8. The summed E-state index contributed by atoms with van der Waals surface area (Å²) in [4.78, 5) is 29.7. The fourth-order valence-corrected chi connectivity index (χ4v) is 2.91. The maximum absolute atomic E-state index is 12.4. The van der Waals surface area contributed by atoms with E-state index in [0.29, 0.717) is 31.6 Å². The Morgan fingerprint density at radius 3 is 2.74 bits per heavy atom. The highest BCUT2D eigenvalue weighted by atomic mass is 16.6. The van der Waals surface area contributed by atoms with Crippen molar-refractivity contribution < 1.29 is 14.3 Å². The first-order chi connectivity index (χ1) is 10.8. The molecular formula is C18H22N2O3. The van der Waals surface area contributed by atoms with Crippen LogP contribution < -0.4 is 0 Å². The van der Waals surface area contributed by atoms with E-state index in [9.17, 15) is 9.59 Å². The van der Waals surface area contributed by atoms with E-state index in [4.69, 9.17) is 4.74 Å². The van der Waals surface area contributed by atoms with Gasteiger partial charge in [0, 0.05) is 29.4 Å². The summed E-state index contributed by atoms with van der Waals surface area (Å²) in [6.45, 7) is 6.49. The molecule has 0 aliphatic carbocycles. The number of carbonyl (C=O) groups excluding carboxylic acids is 2. The zero-order chi connectivity index (χ0) is 16.6. The summed E-state index contributed by atoms with van der Waals surface area (Å²) in [5.74, 6) is 0.111. The van der Waals surface area contributed by atoms with Crippen molar-refractivity contribution in [3.05, 3.63) is 35.5 Å². The number of amides is 1. The van der Waals surface area contributed by atoms with Crippen molar-refractivity contribution in [1.29, 1.82) is 0 Å². The number of aromatic nitrogens is 1. The fraction of sp³-hybridized carbons (Fsp3) is 0.444. The number of hydrogen-bond acceptors (Lipinski definition) is 3. The highest BCUT2D eigenvalue weighted by Crippen LogP contribution is 2.27. The molecule has 1 aliphatic heterocycles. The van der Waals surface area contributed by atoms with Crippen LogP contribution in [0.15, 0.2) is 24.3 Å². The van der Waals surface area contributed by atoms with Gasteiger partial charge in [0.15, 0.2) is 5.78 Å². The number of hydrogen-bond donors (Lipinski definition) is 1. The fourth-order valence-electron chi connectivity index (χ4n) is 2.91. The van der Waals surface area contributed by atoms with Crippen LogP contribution in [0.1, 0.15) is 49.7 Å². The Hall–Kier alpha value is -2.30. The van der Waals surface area contributed by atoms with Gasteiger partial charge in [0.05, 0.1) is 12.2 Å². The van der Waals surface area contributed by atoms with E-state index in [-0.39, 0.29) is 11.9 Å². The van der Waals surface area contributed by atoms with Gasteiger partial charge in [-0.3, -0.25) is 4.79 Å². The average molecular weight is 314 g/mol. The lowest BCUT2D eigenvalue weighted by molar-refractivity contribution is 0.0226. The second-order valence-corrected chi connectivity index (χ2v) is 6.95. The SMILES string of the molecule is CC(C)(C)OC(=O)N1CCCC(=O)c2[nH]c3ccccc3c2C1. The maximum atomic E-state index is 12.4. The Labute approximate surface area is 135 Å². The molecule has 0 saturated heterocycles. The van der Waals surface area contributed by atoms with Crippen molar-refractivity contribution in [2.24, 2.45) is 0 Å². The Morgan fingerprint density at radius 1 is 1.26 bits per heavy atom. The van der Waals surface area contributed by atoms with Gasteiger partial charge < -0.3 is 14.6 Å². The van der Waals surface area contributed by atoms with Gasteiger partial charge in [0.2, 0.25) is 0 Å². The van der Waals surface area contributed by atoms with E-state index in [1.807, 2.05) is 45.0 Å². The molecule has 1 aromatic heterocycles. The molecule has 1 aromatic carbocycles. The van der Waals surface area contributed by atoms with Gasteiger partial charge in [-0.05, 0) is 33.3 Å². The molecule has 0 bridgehead atoms. The molecule has 0 radical (unpaired) electrons. The van der Waals surface area contributed by atoms with Crippen molar-refractivity contribution in [2.45, 2.75) is 45.8 Å². The van der Waals surface area contributed by atoms with Gasteiger partial charge in [0.1, 0.15) is 5.60 Å². The van der Waals surface area contributed by atoms with Crippen LogP contribution in [-0.4, -0.2) is 33.9 Å². The summed E-state index contributed by atoms with van der Waals surface area (Å²) in [5.41, 5.74) is 1.91. The number of ketones is 1. The smallest absolute Gasteiger partial charge is 0.410 e. The molecule has 0 spiro atoms. The number of H-pyrrole nitrogens is 1. The third-order valence-corrected chi connectivity index (χ3v) is 3.93. The van der Waals surface area contributed by atoms with Gasteiger partial charge in [-0.2, -0.15) is 0 Å². The number of rotatable bonds is 0. The van der Waals surface area contributed by atoms with Crippen molar-refractivity contribution >= 4 is 22.8 Å². The third-order valence-electron chi connectivity index (χ3n) is 3.93. The first kappa shape index (κ1) is 15.6. The summed E-state index contributed by atoms with van der Waals surface area (Å²) >= 11 is 0. The van der Waals surface area contributed by atoms with E-state index in [1.165, 1.54) is 0 Å². The number of aromatic amines is 1. The number of Topliss-reactive ketones (excluding diaryl/α,β-unsaturated/α-hetero) is 1. The van der Waals surface area contributed by atoms with Gasteiger partial charge in [-0.25, -0.2) is 4.79 Å². The van der Waals surface area contributed by atoms with Crippen LogP contribution >= 0.6 is 0 Å². The van der Waals surface area contributed by atoms with Crippen molar-refractivity contribution in [2.75, 3.05) is 6.54 Å². The summed E-state index contributed by atoms with van der Waals surface area (Å²) < 4.78 is 5.50. The van der Waals surface area contributed by atoms with Crippen LogP contribution in [0.2, 0.25) is 0 Å². The minimum Gasteiger partial charge on any atom is -0.444 e. The Kier molecular flexibility index (Phi) is 3.88. The largest absolute Gasteiger partial charge is 0.444 e. The molecule has 0 saturated carbocycles. The first-order valence-electron chi connectivity index (χ1n) is 7.96. The van der Waals surface area contributed by atoms with Gasteiger partial charge in [-0.15, -0.1) is 0 Å². The lowest BCUT2D eigenvalue weighted by atomic mass is 10.0. The summed E-state index contributed by atoms with van der Waals surface area (Å²) in [5, 5.41) is 0.992. The summed E-state index contributed by atoms with van der Waals surface area (Å²) in [7, 11) is 0. The molecule has 3 rings (SSSR count). The summed E-state index contributed by atoms with van der Waals surface area (Å²) in [6.07, 6.45) is 0.745. The number of fused-ring (bicyclic) bond motifs is 3. The van der Waals surface area contributed by atoms with Crippen LogP contribution in [0.25, 0.3) is 10.9 Å². The van der Waals surface area contributed by atoms with Crippen LogP contribution in [0, 0.1) is 0 Å². The predicted molar refractivity (Wildman–Crippen MR) is 88.5 cm³/mol. The molecule has 2 heterocycles. The molecule has 5 nitrogen and oxygen atoms in total. The monoisotopic (exact) mass is 314 g/mol. The number of carbonyl (C=O) groups is 2. The van der Waals surface area contributed by atoms with Crippen LogP contribution in [0.5, 0.6) is 0 Å². The molecule has 0 unspecified atom stereocenters. The minimum absolute atomic E-state index is 0.111. The van der Waals surface area contributed by atoms with Crippen LogP contribution in [0.4, 0.5) is 4.79 Å². The topological polar surface area (TPSA) is 62.4 Å². The highest BCUT2D eigenvalue weighted by molar-refractivity contribution is 6.02. The maximum Gasteiger partial charge on any atom is 0.410 e. The zero-order valence-corrected chi connectivity index (χ0v) is 13.8. The average Bonchev–Trinajstić information content (AvgIpc) is 2.80. The molecule has 2 aromatic rings. The third kappa shape index (κ3) is 3.23. The Balaban J connectivity index is 1.98. The standard InChI is InChI=1S/C18H22N2O3/c1-18(2,3)23-17(22)20-10-6-9-15(21)16-13(11-20)12-7-4-5-8-14(12)19-16/h4-5,7-8,19H,6,9-11H2,1-3H3. The second-order valence-electron chi connectivity index (χ2n) is 6.95. The molecule has 23 heavy (non-hydrogen) atoms. The van der Waals surface area contributed by atoms with Crippen molar-refractivity contribution in [3.63, 3.8) is 0 Å². The molecule has 1 N–H and O–H groups in total. The van der Waals surface area contributed by atoms with E-state index in [1.54, 1.807) is 4.90 Å². The van der Waals surface area contributed by atoms with Crippen LogP contribution in [-0.2, 0) is 11.3 Å². The second kappa shape index (κ2) is 5.72. The molecular weight excluding hydrogens is 292 g/mol. The molecule has 0 fully saturated rings.